The molecule has 0 bridgehead atoms. The molecule has 0 spiro atoms. The third-order valence-corrected chi connectivity index (χ3v) is 4.51. The van der Waals surface area contributed by atoms with Gasteiger partial charge in [0, 0.05) is 6.04 Å². The van der Waals surface area contributed by atoms with Gasteiger partial charge in [-0.05, 0) is 55.2 Å². The lowest BCUT2D eigenvalue weighted by atomic mass is 9.85. The molecule has 0 radical (unpaired) electrons. The summed E-state index contributed by atoms with van der Waals surface area (Å²) in [6, 6.07) is 5.31. The molecule has 1 amide bonds. The summed E-state index contributed by atoms with van der Waals surface area (Å²) >= 11 is 0. The maximum Gasteiger partial charge on any atom is 0.224 e. The maximum atomic E-state index is 12.2. The fourth-order valence-electron chi connectivity index (χ4n) is 3.13. The molecule has 132 valence electrons. The van der Waals surface area contributed by atoms with Crippen LogP contribution in [0.25, 0.3) is 0 Å². The number of hydrogen-bond donors (Lipinski definition) is 2. The zero-order valence-corrected chi connectivity index (χ0v) is 14.9. The van der Waals surface area contributed by atoms with Crippen molar-refractivity contribution in [3.63, 3.8) is 0 Å². The number of methoxy groups -OCH3 is 1. The van der Waals surface area contributed by atoms with Crippen molar-refractivity contribution in [3.8, 4) is 11.5 Å². The lowest BCUT2D eigenvalue weighted by Gasteiger charge is -2.27. The average molecular weight is 331 g/mol. The molecule has 0 atom stereocenters. The number of allylic oxidation sites excluding steroid dienone is 2. The molecule has 1 aromatic carbocycles. The Morgan fingerprint density at radius 1 is 1.33 bits per heavy atom. The van der Waals surface area contributed by atoms with Gasteiger partial charge in [-0.15, -0.1) is 0 Å². The van der Waals surface area contributed by atoms with Crippen LogP contribution in [0.1, 0.15) is 45.1 Å². The van der Waals surface area contributed by atoms with Crippen LogP contribution in [0.4, 0.5) is 0 Å². The van der Waals surface area contributed by atoms with E-state index in [1.54, 1.807) is 18.2 Å². The number of phenols is 1. The molecule has 0 saturated heterocycles. The molecule has 1 fully saturated rings. The zero-order chi connectivity index (χ0) is 17.5. The second-order valence-corrected chi connectivity index (χ2v) is 6.99. The van der Waals surface area contributed by atoms with Gasteiger partial charge in [-0.25, -0.2) is 0 Å². The Kier molecular flexibility index (Phi) is 6.71. The summed E-state index contributed by atoms with van der Waals surface area (Å²) in [5, 5.41) is 12.7. The summed E-state index contributed by atoms with van der Waals surface area (Å²) in [6.07, 6.45) is 9.29. The Morgan fingerprint density at radius 2 is 2.04 bits per heavy atom. The molecular formula is C20H29NO3. The summed E-state index contributed by atoms with van der Waals surface area (Å²) in [7, 11) is 1.51. The second kappa shape index (κ2) is 8.76. The predicted octanol–water partition coefficient (Wildman–Crippen LogP) is 3.83. The molecule has 1 aromatic rings. The number of phenolic OH excluding ortho intramolecular Hbond substituents is 1. The van der Waals surface area contributed by atoms with Crippen molar-refractivity contribution in [2.45, 2.75) is 52.0 Å². The molecular weight excluding hydrogens is 302 g/mol. The van der Waals surface area contributed by atoms with E-state index in [-0.39, 0.29) is 17.7 Å². The minimum absolute atomic E-state index is 0.0314. The summed E-state index contributed by atoms with van der Waals surface area (Å²) in [4.78, 5) is 12.2. The number of hydrogen-bond acceptors (Lipinski definition) is 3. The normalized spacial score (nSPS) is 21.2. The number of aromatic hydroxyl groups is 1. The van der Waals surface area contributed by atoms with Gasteiger partial charge < -0.3 is 15.2 Å². The summed E-state index contributed by atoms with van der Waals surface area (Å²) in [5.74, 6) is 1.78. The Balaban J connectivity index is 1.79. The molecule has 1 saturated carbocycles. The maximum absolute atomic E-state index is 12.2. The Morgan fingerprint density at radius 3 is 2.67 bits per heavy atom. The van der Waals surface area contributed by atoms with Gasteiger partial charge in [0.1, 0.15) is 0 Å². The van der Waals surface area contributed by atoms with Crippen molar-refractivity contribution in [2.75, 3.05) is 7.11 Å². The van der Waals surface area contributed by atoms with Crippen LogP contribution < -0.4 is 10.1 Å². The molecule has 2 rings (SSSR count). The first-order valence-corrected chi connectivity index (χ1v) is 8.81. The molecule has 0 aliphatic heterocycles. The third kappa shape index (κ3) is 5.59. The van der Waals surface area contributed by atoms with Crippen LogP contribution in [0.15, 0.2) is 30.4 Å². The number of carbonyl (C=O) groups is 1. The van der Waals surface area contributed by atoms with Crippen molar-refractivity contribution in [2.24, 2.45) is 11.8 Å². The minimum atomic E-state index is 0.0314. The van der Waals surface area contributed by atoms with Gasteiger partial charge in [-0.3, -0.25) is 4.79 Å². The summed E-state index contributed by atoms with van der Waals surface area (Å²) in [5.41, 5.74) is 0.843. The van der Waals surface area contributed by atoms with Gasteiger partial charge in [-0.2, -0.15) is 0 Å². The predicted molar refractivity (Wildman–Crippen MR) is 96.2 cm³/mol. The number of rotatable bonds is 6. The fraction of sp³-hybridized carbons (Fsp3) is 0.550. The second-order valence-electron chi connectivity index (χ2n) is 6.99. The molecule has 4 nitrogen and oxygen atoms in total. The van der Waals surface area contributed by atoms with Gasteiger partial charge >= 0.3 is 0 Å². The van der Waals surface area contributed by atoms with Crippen molar-refractivity contribution in [3.05, 3.63) is 35.9 Å². The molecule has 0 heterocycles. The van der Waals surface area contributed by atoms with E-state index in [9.17, 15) is 9.90 Å². The average Bonchev–Trinajstić information content (AvgIpc) is 2.56. The van der Waals surface area contributed by atoms with E-state index < -0.39 is 0 Å². The number of carbonyl (C=O) groups excluding carboxylic acids is 1. The quantitative estimate of drug-likeness (QED) is 0.779. The Bertz CT molecular complexity index is 572. The highest BCUT2D eigenvalue weighted by molar-refractivity contribution is 5.79. The molecule has 24 heavy (non-hydrogen) atoms. The van der Waals surface area contributed by atoms with Crippen LogP contribution in [0, 0.1) is 11.8 Å². The molecule has 2 N–H and O–H groups in total. The summed E-state index contributed by atoms with van der Waals surface area (Å²) < 4.78 is 5.08. The molecule has 0 unspecified atom stereocenters. The number of amides is 1. The monoisotopic (exact) mass is 331 g/mol. The van der Waals surface area contributed by atoms with Crippen LogP contribution in [0.5, 0.6) is 11.5 Å². The largest absolute Gasteiger partial charge is 0.504 e. The first kappa shape index (κ1) is 18.4. The molecule has 4 heteroatoms. The first-order valence-electron chi connectivity index (χ1n) is 8.81. The van der Waals surface area contributed by atoms with Gasteiger partial charge in [0.25, 0.3) is 0 Å². The van der Waals surface area contributed by atoms with E-state index in [0.29, 0.717) is 24.0 Å². The zero-order valence-electron chi connectivity index (χ0n) is 14.9. The molecule has 0 aromatic heterocycles. The van der Waals surface area contributed by atoms with Crippen LogP contribution in [0.2, 0.25) is 0 Å². The van der Waals surface area contributed by atoms with E-state index in [1.165, 1.54) is 7.11 Å². The smallest absolute Gasteiger partial charge is 0.224 e. The lowest BCUT2D eigenvalue weighted by Crippen LogP contribution is -2.38. The standard InChI is InChI=1S/C20H29NO3/c1-14(2)4-5-15-6-9-17(10-7-15)21-20(23)13-16-8-11-18(22)19(12-16)24-3/h4-5,8,11-12,14-15,17,22H,6-7,9-10,13H2,1-3H3,(H,21,23)/t15-,17+. The fourth-order valence-corrected chi connectivity index (χ4v) is 3.13. The Labute approximate surface area is 144 Å². The van der Waals surface area contributed by atoms with E-state index in [1.807, 2.05) is 0 Å². The van der Waals surface area contributed by atoms with Crippen LogP contribution in [-0.4, -0.2) is 24.2 Å². The van der Waals surface area contributed by atoms with Gasteiger partial charge in [0.2, 0.25) is 5.91 Å². The van der Waals surface area contributed by atoms with Gasteiger partial charge in [0.15, 0.2) is 11.5 Å². The van der Waals surface area contributed by atoms with Gasteiger partial charge in [0.05, 0.1) is 13.5 Å². The topological polar surface area (TPSA) is 58.6 Å². The first-order chi connectivity index (χ1) is 11.5. The highest BCUT2D eigenvalue weighted by Crippen LogP contribution is 2.27. The number of nitrogens with one attached hydrogen (secondary N) is 1. The van der Waals surface area contributed by atoms with Crippen LogP contribution in [-0.2, 0) is 11.2 Å². The van der Waals surface area contributed by atoms with Crippen molar-refractivity contribution in [1.29, 1.82) is 0 Å². The van der Waals surface area contributed by atoms with E-state index in [4.69, 9.17) is 4.74 Å². The molecule has 1 aliphatic rings. The van der Waals surface area contributed by atoms with Gasteiger partial charge in [-0.1, -0.05) is 32.1 Å². The van der Waals surface area contributed by atoms with Crippen LogP contribution in [0.3, 0.4) is 0 Å². The van der Waals surface area contributed by atoms with Crippen LogP contribution >= 0.6 is 0 Å². The summed E-state index contributed by atoms with van der Waals surface area (Å²) in [6.45, 7) is 4.39. The van der Waals surface area contributed by atoms with E-state index >= 15 is 0 Å². The lowest BCUT2D eigenvalue weighted by molar-refractivity contribution is -0.121. The Hall–Kier alpha value is -1.97. The third-order valence-electron chi connectivity index (χ3n) is 4.51. The highest BCUT2D eigenvalue weighted by Gasteiger charge is 2.21. The highest BCUT2D eigenvalue weighted by atomic mass is 16.5. The molecule has 1 aliphatic carbocycles. The van der Waals surface area contributed by atoms with Crippen molar-refractivity contribution >= 4 is 5.91 Å². The minimum Gasteiger partial charge on any atom is -0.504 e. The van der Waals surface area contributed by atoms with Crippen molar-refractivity contribution < 1.29 is 14.6 Å². The SMILES string of the molecule is COc1cc(CC(=O)N[C@H]2CC[C@@H](C=CC(C)C)CC2)ccc1O. The number of ether oxygens (including phenoxy) is 1. The van der Waals surface area contributed by atoms with Crippen molar-refractivity contribution in [1.82, 2.24) is 5.32 Å². The van der Waals surface area contributed by atoms with E-state index in [2.05, 4.69) is 31.3 Å². The van der Waals surface area contributed by atoms with E-state index in [0.717, 1.165) is 31.2 Å². The number of benzene rings is 1.